The van der Waals surface area contributed by atoms with Crippen LogP contribution in [0.3, 0.4) is 0 Å². The van der Waals surface area contributed by atoms with Crippen LogP contribution in [0.2, 0.25) is 0 Å². The molecule has 1 amide bonds. The summed E-state index contributed by atoms with van der Waals surface area (Å²) in [5, 5.41) is 2.78. The van der Waals surface area contributed by atoms with Gasteiger partial charge in [0.05, 0.1) is 24.8 Å². The van der Waals surface area contributed by atoms with Crippen LogP contribution in [-0.2, 0) is 23.8 Å². The quantitative estimate of drug-likeness (QED) is 0.681. The van der Waals surface area contributed by atoms with Gasteiger partial charge in [-0.1, -0.05) is 13.0 Å². The Morgan fingerprint density at radius 1 is 1.12 bits per heavy atom. The van der Waals surface area contributed by atoms with E-state index in [0.29, 0.717) is 12.2 Å². The van der Waals surface area contributed by atoms with Gasteiger partial charge in [-0.25, -0.2) is 0 Å². The van der Waals surface area contributed by atoms with Crippen molar-refractivity contribution in [1.82, 2.24) is 0 Å². The molecule has 0 spiro atoms. The maximum absolute atomic E-state index is 13.3. The molecule has 1 saturated heterocycles. The number of Topliss-reactive ketones (excluding diaryl/α,β-unsaturated/α-hetero) is 1. The predicted molar refractivity (Wildman–Crippen MR) is 119 cm³/mol. The molecule has 1 aromatic carbocycles. The first-order chi connectivity index (χ1) is 15.6. The number of amides is 1. The van der Waals surface area contributed by atoms with Gasteiger partial charge in [0.2, 0.25) is 5.91 Å². The van der Waals surface area contributed by atoms with Crippen molar-refractivity contribution in [3.05, 3.63) is 29.8 Å². The van der Waals surface area contributed by atoms with E-state index >= 15 is 0 Å². The number of anilines is 1. The second-order valence-corrected chi connectivity index (χ2v) is 8.72. The first-order valence-electron chi connectivity index (χ1n) is 10.9. The number of hydrogen-bond donors (Lipinski definition) is 1. The number of methoxy groups -OCH3 is 2. The van der Waals surface area contributed by atoms with Crippen LogP contribution in [0.4, 0.5) is 5.69 Å². The average molecular weight is 462 g/mol. The van der Waals surface area contributed by atoms with Gasteiger partial charge in [0.15, 0.2) is 24.1 Å². The predicted octanol–water partition coefficient (Wildman–Crippen LogP) is 3.26. The molecule has 33 heavy (non-hydrogen) atoms. The first kappa shape index (κ1) is 24.9. The van der Waals surface area contributed by atoms with E-state index in [9.17, 15) is 14.4 Å². The lowest BCUT2D eigenvalue weighted by Gasteiger charge is -2.20. The van der Waals surface area contributed by atoms with Crippen molar-refractivity contribution < 1.29 is 38.1 Å². The summed E-state index contributed by atoms with van der Waals surface area (Å²) >= 11 is 0. The van der Waals surface area contributed by atoms with Crippen molar-refractivity contribution in [3.63, 3.8) is 0 Å². The zero-order valence-electron chi connectivity index (χ0n) is 19.6. The summed E-state index contributed by atoms with van der Waals surface area (Å²) < 4.78 is 27.6. The van der Waals surface area contributed by atoms with Crippen LogP contribution in [0.1, 0.15) is 50.4 Å². The largest absolute Gasteiger partial charge is 0.497 e. The van der Waals surface area contributed by atoms with Crippen LogP contribution in [-0.4, -0.2) is 56.5 Å². The van der Waals surface area contributed by atoms with E-state index in [1.165, 1.54) is 20.3 Å². The smallest absolute Gasteiger partial charge is 0.227 e. The molecule has 3 atom stereocenters. The van der Waals surface area contributed by atoms with Gasteiger partial charge in [-0.3, -0.25) is 14.4 Å². The topological polar surface area (TPSA) is 109 Å². The zero-order chi connectivity index (χ0) is 24.2. The van der Waals surface area contributed by atoms with Gasteiger partial charge in [0.1, 0.15) is 23.7 Å². The Balaban J connectivity index is 2.03. The molecule has 2 aliphatic rings. The van der Waals surface area contributed by atoms with Crippen molar-refractivity contribution >= 4 is 23.2 Å². The van der Waals surface area contributed by atoms with Gasteiger partial charge in [-0.2, -0.15) is 0 Å². The molecule has 1 N–H and O–H groups in total. The Labute approximate surface area is 193 Å². The minimum Gasteiger partial charge on any atom is -0.497 e. The first-order valence-corrected chi connectivity index (χ1v) is 10.9. The number of ketones is 2. The lowest BCUT2D eigenvalue weighted by molar-refractivity contribution is -0.153. The summed E-state index contributed by atoms with van der Waals surface area (Å²) in [4.78, 5) is 39.0. The van der Waals surface area contributed by atoms with E-state index in [1.54, 1.807) is 32.1 Å². The maximum Gasteiger partial charge on any atom is 0.227 e. The van der Waals surface area contributed by atoms with Gasteiger partial charge in [0.25, 0.3) is 0 Å². The molecule has 9 heteroatoms. The third-order valence-electron chi connectivity index (χ3n) is 5.40. The Kier molecular flexibility index (Phi) is 7.88. The van der Waals surface area contributed by atoms with E-state index in [-0.39, 0.29) is 54.1 Å². The van der Waals surface area contributed by atoms with Crippen LogP contribution in [0.5, 0.6) is 11.5 Å². The van der Waals surface area contributed by atoms with Crippen molar-refractivity contribution in [2.45, 2.75) is 58.0 Å². The third kappa shape index (κ3) is 6.19. The molecule has 2 aliphatic heterocycles. The highest BCUT2D eigenvalue weighted by Gasteiger charge is 2.45. The van der Waals surface area contributed by atoms with E-state index < -0.39 is 23.9 Å². The van der Waals surface area contributed by atoms with Gasteiger partial charge in [-0.15, -0.1) is 0 Å². The van der Waals surface area contributed by atoms with E-state index in [2.05, 4.69) is 5.32 Å². The number of nitrogens with one attached hydrogen (secondary N) is 1. The number of ether oxygens (including phenoxy) is 5. The summed E-state index contributed by atoms with van der Waals surface area (Å²) in [7, 11) is 2.95. The number of fused-ring (bicyclic) bond motifs is 2. The molecule has 1 aromatic rings. The number of rotatable bonds is 4. The molecule has 0 bridgehead atoms. The molecule has 180 valence electrons. The van der Waals surface area contributed by atoms with E-state index in [0.717, 1.165) is 0 Å². The van der Waals surface area contributed by atoms with Crippen LogP contribution in [0.25, 0.3) is 0 Å². The molecule has 0 saturated carbocycles. The fourth-order valence-corrected chi connectivity index (χ4v) is 3.95. The molecule has 2 heterocycles. The summed E-state index contributed by atoms with van der Waals surface area (Å²) in [6, 6.07) is 3.15. The van der Waals surface area contributed by atoms with E-state index in [4.69, 9.17) is 23.7 Å². The van der Waals surface area contributed by atoms with Gasteiger partial charge < -0.3 is 29.0 Å². The molecule has 0 aromatic heterocycles. The van der Waals surface area contributed by atoms with Crippen LogP contribution >= 0.6 is 0 Å². The van der Waals surface area contributed by atoms with Crippen molar-refractivity contribution in [1.29, 1.82) is 0 Å². The number of hydrogen-bond acceptors (Lipinski definition) is 8. The Morgan fingerprint density at radius 3 is 2.58 bits per heavy atom. The molecule has 1 fully saturated rings. The highest BCUT2D eigenvalue weighted by Crippen LogP contribution is 2.36. The van der Waals surface area contributed by atoms with Crippen LogP contribution < -0.4 is 14.8 Å². The fraction of sp³-hybridized carbons (Fsp3) is 0.542. The summed E-state index contributed by atoms with van der Waals surface area (Å²) in [5.74, 6) is -1.32. The average Bonchev–Trinajstić information content (AvgIpc) is 3.04. The molecular weight excluding hydrogens is 430 g/mol. The standard InChI is InChI=1S/C24H31NO8/c1-14-7-6-8-17(26)23-20(32-24(2,3)33-23)12-21(28)25-16-10-15(30-5)11-19(31-13-29-4)22(16)18(27)9-14/h6,8,10-11,14,20,23H,7,9,12-13H2,1-5H3,(H,25,28)/b8-6+/t14-,20+,23+/m0/s1. The Hall–Kier alpha value is -2.75. The van der Waals surface area contributed by atoms with E-state index in [1.807, 2.05) is 6.92 Å². The number of allylic oxidation sites excluding steroid dienone is 1. The van der Waals surface area contributed by atoms with Gasteiger partial charge in [0, 0.05) is 25.7 Å². The van der Waals surface area contributed by atoms with Crippen molar-refractivity contribution in [2.24, 2.45) is 5.92 Å². The maximum atomic E-state index is 13.3. The normalized spacial score (nSPS) is 26.6. The monoisotopic (exact) mass is 461 g/mol. The highest BCUT2D eigenvalue weighted by molar-refractivity contribution is 6.07. The minimum atomic E-state index is -1.00. The summed E-state index contributed by atoms with van der Waals surface area (Å²) in [5.41, 5.74) is 0.502. The number of carbonyl (C=O) groups excluding carboxylic acids is 3. The number of carbonyl (C=O) groups is 3. The molecule has 0 radical (unpaired) electrons. The van der Waals surface area contributed by atoms with Crippen LogP contribution in [0, 0.1) is 5.92 Å². The van der Waals surface area contributed by atoms with Crippen molar-refractivity contribution in [3.8, 4) is 11.5 Å². The molecule has 0 aliphatic carbocycles. The van der Waals surface area contributed by atoms with Gasteiger partial charge in [-0.05, 0) is 32.3 Å². The number of benzene rings is 1. The summed E-state index contributed by atoms with van der Waals surface area (Å²) in [6.45, 7) is 5.23. The minimum absolute atomic E-state index is 0.0570. The summed E-state index contributed by atoms with van der Waals surface area (Å²) in [6.07, 6.45) is 2.08. The highest BCUT2D eigenvalue weighted by atomic mass is 16.8. The Morgan fingerprint density at radius 2 is 1.88 bits per heavy atom. The SMILES string of the molecule is COCOc1cc(OC)cc2c1C(=O)C[C@@H](C)C/C=C/C(=O)[C@H]1OC(C)(C)O[C@@H]1CC(=O)N2. The molecule has 0 unspecified atom stereocenters. The van der Waals surface area contributed by atoms with Crippen LogP contribution in [0.15, 0.2) is 24.3 Å². The second kappa shape index (κ2) is 10.5. The molecule has 3 rings (SSSR count). The lowest BCUT2D eigenvalue weighted by Crippen LogP contribution is -2.33. The second-order valence-electron chi connectivity index (χ2n) is 8.72. The van der Waals surface area contributed by atoms with Gasteiger partial charge >= 0.3 is 0 Å². The lowest BCUT2D eigenvalue weighted by atomic mass is 9.94. The van der Waals surface area contributed by atoms with Crippen molar-refractivity contribution in [2.75, 3.05) is 26.3 Å². The third-order valence-corrected chi connectivity index (χ3v) is 5.40. The fourth-order valence-electron chi connectivity index (χ4n) is 3.95. The zero-order valence-corrected chi connectivity index (χ0v) is 19.6. The Bertz CT molecular complexity index is 939. The molecular formula is C24H31NO8. The molecule has 9 nitrogen and oxygen atoms in total.